The second-order valence-electron chi connectivity index (χ2n) is 5.93. The minimum atomic E-state index is 0.00830. The van der Waals surface area contributed by atoms with E-state index in [1.54, 1.807) is 0 Å². The first-order valence-electron chi connectivity index (χ1n) is 7.43. The number of hydrogen-bond acceptors (Lipinski definition) is 3. The summed E-state index contributed by atoms with van der Waals surface area (Å²) >= 11 is 6.22. The van der Waals surface area contributed by atoms with Crippen LogP contribution in [0, 0.1) is 19.8 Å². The van der Waals surface area contributed by atoms with Crippen molar-refractivity contribution in [2.75, 3.05) is 38.5 Å². The first-order valence-corrected chi connectivity index (χ1v) is 7.81. The van der Waals surface area contributed by atoms with E-state index in [1.807, 2.05) is 33.0 Å². The van der Waals surface area contributed by atoms with Crippen LogP contribution >= 0.6 is 11.6 Å². The summed E-state index contributed by atoms with van der Waals surface area (Å²) in [7, 11) is 1.97. The van der Waals surface area contributed by atoms with Crippen molar-refractivity contribution >= 4 is 23.2 Å². The van der Waals surface area contributed by atoms with Crippen molar-refractivity contribution in [3.63, 3.8) is 0 Å². The lowest BCUT2D eigenvalue weighted by Gasteiger charge is -2.17. The molecule has 1 fully saturated rings. The smallest absolute Gasteiger partial charge is 0.238 e. The molecule has 0 saturated carbocycles. The largest absolute Gasteiger partial charge is 0.323 e. The van der Waals surface area contributed by atoms with Crippen LogP contribution in [-0.4, -0.2) is 44.0 Å². The number of amides is 1. The van der Waals surface area contributed by atoms with E-state index in [9.17, 15) is 4.79 Å². The van der Waals surface area contributed by atoms with Crippen molar-refractivity contribution in [1.82, 2.24) is 10.2 Å². The summed E-state index contributed by atoms with van der Waals surface area (Å²) < 4.78 is 0. The summed E-state index contributed by atoms with van der Waals surface area (Å²) in [5.74, 6) is 0.654. The predicted molar refractivity (Wildman–Crippen MR) is 88.0 cm³/mol. The number of anilines is 1. The van der Waals surface area contributed by atoms with Gasteiger partial charge in [-0.05, 0) is 63.5 Å². The molecule has 1 atom stereocenters. The maximum atomic E-state index is 12.2. The topological polar surface area (TPSA) is 44.4 Å². The summed E-state index contributed by atoms with van der Waals surface area (Å²) in [5.41, 5.74) is 2.84. The predicted octanol–water partition coefficient (Wildman–Crippen LogP) is 2.44. The highest BCUT2D eigenvalue weighted by Gasteiger charge is 2.23. The number of aryl methyl sites for hydroxylation is 2. The molecule has 1 aromatic rings. The highest BCUT2D eigenvalue weighted by atomic mass is 35.5. The zero-order valence-electron chi connectivity index (χ0n) is 13.0. The van der Waals surface area contributed by atoms with Crippen LogP contribution in [0.5, 0.6) is 0 Å². The first kappa shape index (κ1) is 16.3. The Hall–Kier alpha value is -1.10. The number of hydrogen-bond donors (Lipinski definition) is 2. The van der Waals surface area contributed by atoms with E-state index in [4.69, 9.17) is 11.6 Å². The molecule has 1 heterocycles. The van der Waals surface area contributed by atoms with Crippen molar-refractivity contribution in [2.24, 2.45) is 5.92 Å². The molecule has 0 aliphatic carbocycles. The standard InChI is InChI=1S/C16H24ClN3O/c1-11-6-12(2)16(14(17)7-11)19-15(21)10-20-5-4-13(9-20)8-18-3/h6-7,13,18H,4-5,8-10H2,1-3H3,(H,19,21). The lowest BCUT2D eigenvalue weighted by Crippen LogP contribution is -2.32. The minimum absolute atomic E-state index is 0.00830. The van der Waals surface area contributed by atoms with Crippen LogP contribution in [0.1, 0.15) is 17.5 Å². The van der Waals surface area contributed by atoms with Crippen LogP contribution < -0.4 is 10.6 Å². The quantitative estimate of drug-likeness (QED) is 0.878. The number of halogens is 1. The molecule has 116 valence electrons. The average Bonchev–Trinajstić information content (AvgIpc) is 2.81. The van der Waals surface area contributed by atoms with Gasteiger partial charge < -0.3 is 10.6 Å². The van der Waals surface area contributed by atoms with Gasteiger partial charge in [-0.25, -0.2) is 0 Å². The number of likely N-dealkylation sites (tertiary alicyclic amines) is 1. The second kappa shape index (κ2) is 7.25. The fourth-order valence-corrected chi connectivity index (χ4v) is 3.34. The lowest BCUT2D eigenvalue weighted by molar-refractivity contribution is -0.117. The molecule has 0 spiro atoms. The molecular weight excluding hydrogens is 286 g/mol. The molecule has 1 amide bonds. The van der Waals surface area contributed by atoms with Gasteiger partial charge in [0.1, 0.15) is 0 Å². The molecule has 2 rings (SSSR count). The Morgan fingerprint density at radius 1 is 1.43 bits per heavy atom. The number of carbonyl (C=O) groups is 1. The molecule has 2 N–H and O–H groups in total. The molecule has 1 aromatic carbocycles. The van der Waals surface area contributed by atoms with E-state index in [2.05, 4.69) is 15.5 Å². The van der Waals surface area contributed by atoms with Crippen molar-refractivity contribution in [2.45, 2.75) is 20.3 Å². The third-order valence-corrected chi connectivity index (χ3v) is 4.22. The highest BCUT2D eigenvalue weighted by molar-refractivity contribution is 6.34. The Balaban J connectivity index is 1.91. The van der Waals surface area contributed by atoms with Gasteiger partial charge in [0.05, 0.1) is 17.3 Å². The third-order valence-electron chi connectivity index (χ3n) is 3.93. The Morgan fingerprint density at radius 3 is 2.86 bits per heavy atom. The molecule has 0 bridgehead atoms. The highest BCUT2D eigenvalue weighted by Crippen LogP contribution is 2.27. The monoisotopic (exact) mass is 309 g/mol. The number of carbonyl (C=O) groups excluding carboxylic acids is 1. The molecule has 1 saturated heterocycles. The maximum Gasteiger partial charge on any atom is 0.238 e. The summed E-state index contributed by atoms with van der Waals surface area (Å²) in [6.07, 6.45) is 1.15. The van der Waals surface area contributed by atoms with Crippen LogP contribution in [0.15, 0.2) is 12.1 Å². The SMILES string of the molecule is CNCC1CCN(CC(=O)Nc2c(C)cc(C)cc2Cl)C1. The summed E-state index contributed by atoms with van der Waals surface area (Å²) in [5, 5.41) is 6.76. The van der Waals surface area contributed by atoms with Gasteiger partial charge in [-0.15, -0.1) is 0 Å². The normalized spacial score (nSPS) is 19.0. The molecule has 21 heavy (non-hydrogen) atoms. The molecule has 0 radical (unpaired) electrons. The molecule has 5 heteroatoms. The Labute approximate surface area is 131 Å². The molecule has 0 aromatic heterocycles. The lowest BCUT2D eigenvalue weighted by atomic mass is 10.1. The van der Waals surface area contributed by atoms with Gasteiger partial charge in [0.25, 0.3) is 0 Å². The molecule has 1 aliphatic heterocycles. The number of benzene rings is 1. The van der Waals surface area contributed by atoms with E-state index in [-0.39, 0.29) is 5.91 Å². The second-order valence-corrected chi connectivity index (χ2v) is 6.34. The maximum absolute atomic E-state index is 12.2. The van der Waals surface area contributed by atoms with Crippen LogP contribution in [0.25, 0.3) is 0 Å². The minimum Gasteiger partial charge on any atom is -0.323 e. The van der Waals surface area contributed by atoms with Gasteiger partial charge in [0, 0.05) is 6.54 Å². The summed E-state index contributed by atoms with van der Waals surface area (Å²) in [4.78, 5) is 14.4. The van der Waals surface area contributed by atoms with Crippen LogP contribution in [0.4, 0.5) is 5.69 Å². The van der Waals surface area contributed by atoms with E-state index in [0.717, 1.165) is 42.9 Å². The van der Waals surface area contributed by atoms with Gasteiger partial charge in [-0.3, -0.25) is 9.69 Å². The van der Waals surface area contributed by atoms with Gasteiger partial charge in [-0.2, -0.15) is 0 Å². The Bertz CT molecular complexity index is 495. The van der Waals surface area contributed by atoms with E-state index < -0.39 is 0 Å². The Kier molecular flexibility index (Phi) is 5.62. The van der Waals surface area contributed by atoms with Crippen molar-refractivity contribution in [1.29, 1.82) is 0 Å². The third kappa shape index (κ3) is 4.43. The van der Waals surface area contributed by atoms with Crippen LogP contribution in [-0.2, 0) is 4.79 Å². The van der Waals surface area contributed by atoms with Crippen molar-refractivity contribution in [3.8, 4) is 0 Å². The number of rotatable bonds is 5. The molecule has 1 aliphatic rings. The van der Waals surface area contributed by atoms with Crippen LogP contribution in [0.3, 0.4) is 0 Å². The van der Waals surface area contributed by atoms with Gasteiger partial charge in [-0.1, -0.05) is 17.7 Å². The van der Waals surface area contributed by atoms with E-state index in [0.29, 0.717) is 17.5 Å². The number of nitrogens with zero attached hydrogens (tertiary/aromatic N) is 1. The zero-order valence-corrected chi connectivity index (χ0v) is 13.8. The van der Waals surface area contributed by atoms with Crippen molar-refractivity contribution < 1.29 is 4.79 Å². The van der Waals surface area contributed by atoms with Gasteiger partial charge >= 0.3 is 0 Å². The average molecular weight is 310 g/mol. The molecule has 1 unspecified atom stereocenters. The molecular formula is C16H24ClN3O. The van der Waals surface area contributed by atoms with Crippen molar-refractivity contribution in [3.05, 3.63) is 28.3 Å². The fourth-order valence-electron chi connectivity index (χ4n) is 2.97. The van der Waals surface area contributed by atoms with E-state index in [1.165, 1.54) is 0 Å². The van der Waals surface area contributed by atoms with Gasteiger partial charge in [0.2, 0.25) is 5.91 Å². The zero-order chi connectivity index (χ0) is 15.4. The molecule has 4 nitrogen and oxygen atoms in total. The summed E-state index contributed by atoms with van der Waals surface area (Å²) in [6.45, 7) is 7.38. The first-order chi connectivity index (χ1) is 9.99. The fraction of sp³-hybridized carbons (Fsp3) is 0.562. The van der Waals surface area contributed by atoms with E-state index >= 15 is 0 Å². The van der Waals surface area contributed by atoms with Crippen LogP contribution in [0.2, 0.25) is 5.02 Å². The Morgan fingerprint density at radius 2 is 2.19 bits per heavy atom. The van der Waals surface area contributed by atoms with Gasteiger partial charge in [0.15, 0.2) is 0 Å². The summed E-state index contributed by atoms with van der Waals surface area (Å²) in [6, 6.07) is 3.91. The number of nitrogens with one attached hydrogen (secondary N) is 2.